The number of ether oxygens (including phenoxy) is 1. The highest BCUT2D eigenvalue weighted by Crippen LogP contribution is 2.37. The molecule has 1 N–H and O–H groups in total. The van der Waals surface area contributed by atoms with E-state index in [9.17, 15) is 9.90 Å². The molecule has 0 saturated heterocycles. The van der Waals surface area contributed by atoms with Gasteiger partial charge in [-0.05, 0) is 24.5 Å². The van der Waals surface area contributed by atoms with Crippen LogP contribution in [0.4, 0.5) is 0 Å². The Hall–Kier alpha value is -1.55. The van der Waals surface area contributed by atoms with E-state index < -0.39 is 5.97 Å². The quantitative estimate of drug-likeness (QED) is 0.887. The molecule has 1 aromatic carbocycles. The van der Waals surface area contributed by atoms with Crippen molar-refractivity contribution in [3.05, 3.63) is 29.1 Å². The highest BCUT2D eigenvalue weighted by atomic mass is 32.1. The molecule has 4 heteroatoms. The van der Waals surface area contributed by atoms with E-state index in [-0.39, 0.29) is 0 Å². The predicted molar refractivity (Wildman–Crippen MR) is 73.7 cm³/mol. The molecule has 3 nitrogen and oxygen atoms in total. The van der Waals surface area contributed by atoms with Crippen molar-refractivity contribution in [2.45, 2.75) is 20.3 Å². The molecule has 2 aromatic rings. The van der Waals surface area contributed by atoms with E-state index in [0.717, 1.165) is 16.5 Å². The summed E-state index contributed by atoms with van der Waals surface area (Å²) in [5.74, 6) is 0.141. The zero-order valence-corrected chi connectivity index (χ0v) is 11.3. The maximum absolute atomic E-state index is 11.2. The summed E-state index contributed by atoms with van der Waals surface area (Å²) in [4.78, 5) is 11.5. The summed E-state index contributed by atoms with van der Waals surface area (Å²) in [5, 5.41) is 10.1. The molecule has 1 aromatic heterocycles. The van der Waals surface area contributed by atoms with Crippen LogP contribution >= 0.6 is 11.3 Å². The predicted octanol–water partition coefficient (Wildman–Crippen LogP) is 4.02. The Kier molecular flexibility index (Phi) is 3.87. The highest BCUT2D eigenvalue weighted by Gasteiger charge is 2.18. The molecule has 1 heterocycles. The van der Waals surface area contributed by atoms with E-state index in [1.54, 1.807) is 0 Å². The maximum atomic E-state index is 11.2. The Bertz CT molecular complexity index is 557. The number of benzene rings is 1. The van der Waals surface area contributed by atoms with Crippen LogP contribution in [0.25, 0.3) is 10.1 Å². The summed E-state index contributed by atoms with van der Waals surface area (Å²) in [6.45, 7) is 4.79. The normalized spacial score (nSPS) is 11.1. The second-order valence-electron chi connectivity index (χ2n) is 4.59. The highest BCUT2D eigenvalue weighted by molar-refractivity contribution is 7.21. The molecule has 0 amide bonds. The molecule has 2 rings (SSSR count). The maximum Gasteiger partial charge on any atom is 0.349 e. The van der Waals surface area contributed by atoms with Crippen molar-refractivity contribution in [1.82, 2.24) is 0 Å². The second kappa shape index (κ2) is 5.40. The lowest BCUT2D eigenvalue weighted by Crippen LogP contribution is -2.04. The van der Waals surface area contributed by atoms with Gasteiger partial charge in [0.25, 0.3) is 0 Å². The van der Waals surface area contributed by atoms with Crippen LogP contribution in [0.1, 0.15) is 29.9 Å². The van der Waals surface area contributed by atoms with Crippen LogP contribution in [0.5, 0.6) is 5.75 Å². The third-order valence-corrected chi connectivity index (χ3v) is 3.83. The summed E-state index contributed by atoms with van der Waals surface area (Å²) in [7, 11) is 0. The standard InChI is InChI=1S/C14H16O3S/c1-9(2)7-8-17-12-10-5-3-4-6-11(10)18-13(12)14(15)16/h3-6,9H,7-8H2,1-2H3,(H,15,16). The number of aromatic carboxylic acids is 1. The SMILES string of the molecule is CC(C)CCOc1c(C(=O)O)sc2ccccc12. The summed E-state index contributed by atoms with van der Waals surface area (Å²) in [6.07, 6.45) is 0.920. The van der Waals surface area contributed by atoms with Crippen molar-refractivity contribution in [2.24, 2.45) is 5.92 Å². The number of fused-ring (bicyclic) bond motifs is 1. The average Bonchev–Trinajstić information content (AvgIpc) is 2.68. The largest absolute Gasteiger partial charge is 0.491 e. The second-order valence-corrected chi connectivity index (χ2v) is 5.64. The van der Waals surface area contributed by atoms with Crippen molar-refractivity contribution in [3.8, 4) is 5.75 Å². The fourth-order valence-electron chi connectivity index (χ4n) is 1.70. The van der Waals surface area contributed by atoms with E-state index in [2.05, 4.69) is 13.8 Å². The van der Waals surface area contributed by atoms with E-state index >= 15 is 0 Å². The number of rotatable bonds is 5. The molecule has 0 saturated carbocycles. The Morgan fingerprint density at radius 2 is 2.11 bits per heavy atom. The van der Waals surface area contributed by atoms with Crippen LogP contribution in [0.3, 0.4) is 0 Å². The zero-order valence-electron chi connectivity index (χ0n) is 10.5. The lowest BCUT2D eigenvalue weighted by atomic mass is 10.1. The first kappa shape index (κ1) is 12.9. The third kappa shape index (κ3) is 2.64. The summed E-state index contributed by atoms with van der Waals surface area (Å²) in [6, 6.07) is 7.63. The number of carbonyl (C=O) groups is 1. The molecule has 0 aliphatic carbocycles. The van der Waals surface area contributed by atoms with E-state index in [0.29, 0.717) is 23.2 Å². The van der Waals surface area contributed by atoms with E-state index in [4.69, 9.17) is 4.74 Å². The lowest BCUT2D eigenvalue weighted by molar-refractivity contribution is 0.0698. The van der Waals surface area contributed by atoms with Gasteiger partial charge in [0.2, 0.25) is 0 Å². The first-order chi connectivity index (χ1) is 8.59. The molecule has 96 valence electrons. The smallest absolute Gasteiger partial charge is 0.349 e. The third-order valence-electron chi connectivity index (χ3n) is 2.69. The molecule has 0 bridgehead atoms. The minimum Gasteiger partial charge on any atom is -0.491 e. The van der Waals surface area contributed by atoms with E-state index in [1.165, 1.54) is 11.3 Å². The fraction of sp³-hybridized carbons (Fsp3) is 0.357. The van der Waals surface area contributed by atoms with E-state index in [1.807, 2.05) is 24.3 Å². The summed E-state index contributed by atoms with van der Waals surface area (Å²) < 4.78 is 6.65. The van der Waals surface area contributed by atoms with Crippen LogP contribution in [0.15, 0.2) is 24.3 Å². The van der Waals surface area contributed by atoms with Crippen LogP contribution in [0.2, 0.25) is 0 Å². The molecule has 18 heavy (non-hydrogen) atoms. The lowest BCUT2D eigenvalue weighted by Gasteiger charge is -2.08. The van der Waals surface area contributed by atoms with Gasteiger partial charge in [-0.3, -0.25) is 0 Å². The summed E-state index contributed by atoms with van der Waals surface area (Å²) >= 11 is 1.27. The van der Waals surface area contributed by atoms with Gasteiger partial charge in [0.05, 0.1) is 6.61 Å². The molecular formula is C14H16O3S. The van der Waals surface area contributed by atoms with Gasteiger partial charge < -0.3 is 9.84 Å². The van der Waals surface area contributed by atoms with Crippen LogP contribution < -0.4 is 4.74 Å². The molecule has 0 radical (unpaired) electrons. The minimum absolute atomic E-state index is 0.292. The number of carboxylic acid groups (broad SMARTS) is 1. The molecular weight excluding hydrogens is 248 g/mol. The van der Waals surface area contributed by atoms with Crippen LogP contribution in [0, 0.1) is 5.92 Å². The molecule has 0 aliphatic rings. The van der Waals surface area contributed by atoms with Gasteiger partial charge >= 0.3 is 5.97 Å². The fourth-order valence-corrected chi connectivity index (χ4v) is 2.69. The van der Waals surface area contributed by atoms with Gasteiger partial charge in [-0.1, -0.05) is 26.0 Å². The van der Waals surface area contributed by atoms with Gasteiger partial charge in [-0.25, -0.2) is 4.79 Å². The van der Waals surface area contributed by atoms with Gasteiger partial charge in [-0.15, -0.1) is 11.3 Å². The van der Waals surface area contributed by atoms with Gasteiger partial charge in [0.15, 0.2) is 10.6 Å². The minimum atomic E-state index is -0.921. The van der Waals surface area contributed by atoms with Crippen molar-refractivity contribution in [2.75, 3.05) is 6.61 Å². The average molecular weight is 264 g/mol. The molecule has 0 fully saturated rings. The van der Waals surface area contributed by atoms with Gasteiger partial charge in [0, 0.05) is 10.1 Å². The Balaban J connectivity index is 2.33. The first-order valence-corrected chi connectivity index (χ1v) is 6.79. The van der Waals surface area contributed by atoms with Gasteiger partial charge in [-0.2, -0.15) is 0 Å². The number of hydrogen-bond acceptors (Lipinski definition) is 3. The van der Waals surface area contributed by atoms with Crippen molar-refractivity contribution in [1.29, 1.82) is 0 Å². The Labute approximate surface area is 110 Å². The van der Waals surface area contributed by atoms with Crippen molar-refractivity contribution in [3.63, 3.8) is 0 Å². The summed E-state index contributed by atoms with van der Waals surface area (Å²) in [5.41, 5.74) is 0. The number of thiophene rings is 1. The monoisotopic (exact) mass is 264 g/mol. The first-order valence-electron chi connectivity index (χ1n) is 5.97. The number of carboxylic acids is 1. The number of hydrogen-bond donors (Lipinski definition) is 1. The Morgan fingerprint density at radius 3 is 2.78 bits per heavy atom. The Morgan fingerprint density at radius 1 is 1.39 bits per heavy atom. The topological polar surface area (TPSA) is 46.5 Å². The van der Waals surface area contributed by atoms with Crippen LogP contribution in [-0.2, 0) is 0 Å². The van der Waals surface area contributed by atoms with Crippen molar-refractivity contribution >= 4 is 27.4 Å². The molecule has 0 unspecified atom stereocenters. The van der Waals surface area contributed by atoms with Gasteiger partial charge in [0.1, 0.15) is 0 Å². The zero-order chi connectivity index (χ0) is 13.1. The molecule has 0 aliphatic heterocycles. The molecule has 0 spiro atoms. The molecule has 0 atom stereocenters. The van der Waals surface area contributed by atoms with Crippen molar-refractivity contribution < 1.29 is 14.6 Å². The van der Waals surface area contributed by atoms with Crippen LogP contribution in [-0.4, -0.2) is 17.7 Å².